The second-order valence-corrected chi connectivity index (χ2v) is 4.13. The van der Waals surface area contributed by atoms with E-state index in [2.05, 4.69) is 22.6 Å². The third-order valence-corrected chi connectivity index (χ3v) is 3.74. The SMILES string of the molecule is O=C1CC2CCCC2=C1I. The molecule has 1 unspecified atom stereocenters. The molecule has 2 aliphatic rings. The summed E-state index contributed by atoms with van der Waals surface area (Å²) in [5.41, 5.74) is 1.46. The zero-order valence-corrected chi connectivity index (χ0v) is 7.85. The monoisotopic (exact) mass is 248 g/mol. The number of carbonyl (C=O) groups is 1. The van der Waals surface area contributed by atoms with Gasteiger partial charge in [-0.25, -0.2) is 0 Å². The number of ketones is 1. The molecule has 0 radical (unpaired) electrons. The Morgan fingerprint density at radius 2 is 2.30 bits per heavy atom. The van der Waals surface area contributed by atoms with Gasteiger partial charge in [-0.15, -0.1) is 0 Å². The summed E-state index contributed by atoms with van der Waals surface area (Å²) in [6, 6.07) is 0. The highest BCUT2D eigenvalue weighted by Gasteiger charge is 2.33. The molecule has 0 saturated heterocycles. The van der Waals surface area contributed by atoms with Crippen molar-refractivity contribution in [1.82, 2.24) is 0 Å². The van der Waals surface area contributed by atoms with E-state index in [0.29, 0.717) is 11.7 Å². The fraction of sp³-hybridized carbons (Fsp3) is 0.625. The lowest BCUT2D eigenvalue weighted by Crippen LogP contribution is -1.94. The number of allylic oxidation sites excluding steroid dienone is 2. The summed E-state index contributed by atoms with van der Waals surface area (Å²) in [6.07, 6.45) is 4.57. The summed E-state index contributed by atoms with van der Waals surface area (Å²) in [5.74, 6) is 1.04. The molecule has 0 heterocycles. The smallest absolute Gasteiger partial charge is 0.169 e. The molecule has 0 aromatic rings. The molecule has 0 bridgehead atoms. The molecular weight excluding hydrogens is 239 g/mol. The highest BCUT2D eigenvalue weighted by Crippen LogP contribution is 2.43. The number of halogens is 1. The number of hydrogen-bond donors (Lipinski definition) is 0. The van der Waals surface area contributed by atoms with Crippen LogP contribution in [0.1, 0.15) is 25.7 Å². The Bertz CT molecular complexity index is 217. The van der Waals surface area contributed by atoms with Crippen molar-refractivity contribution in [2.45, 2.75) is 25.7 Å². The van der Waals surface area contributed by atoms with Gasteiger partial charge in [0.1, 0.15) is 0 Å². The number of hydrogen-bond acceptors (Lipinski definition) is 1. The average molecular weight is 248 g/mol. The highest BCUT2D eigenvalue weighted by atomic mass is 127. The van der Waals surface area contributed by atoms with Crippen molar-refractivity contribution in [2.75, 3.05) is 0 Å². The maximum atomic E-state index is 11.1. The van der Waals surface area contributed by atoms with Gasteiger partial charge in [0.25, 0.3) is 0 Å². The molecular formula is C8H9IO. The lowest BCUT2D eigenvalue weighted by molar-refractivity contribution is -0.114. The Labute approximate surface area is 74.0 Å². The highest BCUT2D eigenvalue weighted by molar-refractivity contribution is 14.1. The summed E-state index contributed by atoms with van der Waals surface area (Å²) >= 11 is 2.21. The second-order valence-electron chi connectivity index (χ2n) is 3.06. The van der Waals surface area contributed by atoms with Crippen LogP contribution in [0.2, 0.25) is 0 Å². The van der Waals surface area contributed by atoms with Crippen molar-refractivity contribution in [3.63, 3.8) is 0 Å². The predicted molar refractivity (Wildman–Crippen MR) is 48.0 cm³/mol. The summed E-state index contributed by atoms with van der Waals surface area (Å²) in [5, 5.41) is 0. The Balaban J connectivity index is 2.37. The Morgan fingerprint density at radius 3 is 3.00 bits per heavy atom. The van der Waals surface area contributed by atoms with Crippen LogP contribution in [0.25, 0.3) is 0 Å². The third kappa shape index (κ3) is 0.847. The Kier molecular flexibility index (Phi) is 1.59. The first kappa shape index (κ1) is 6.83. The minimum absolute atomic E-state index is 0.389. The van der Waals surface area contributed by atoms with Crippen molar-refractivity contribution < 1.29 is 4.79 Å². The molecule has 2 rings (SSSR count). The van der Waals surface area contributed by atoms with E-state index >= 15 is 0 Å². The fourth-order valence-corrected chi connectivity index (χ4v) is 2.85. The standard InChI is InChI=1S/C8H9IO/c9-8-6-3-1-2-5(6)4-7(8)10/h5H,1-4H2. The van der Waals surface area contributed by atoms with Crippen LogP contribution in [0.3, 0.4) is 0 Å². The number of carbonyl (C=O) groups excluding carboxylic acids is 1. The van der Waals surface area contributed by atoms with Crippen molar-refractivity contribution in [3.8, 4) is 0 Å². The predicted octanol–water partition coefficient (Wildman–Crippen LogP) is 2.45. The van der Waals surface area contributed by atoms with Crippen LogP contribution in [0.15, 0.2) is 9.15 Å². The Hall–Kier alpha value is 0.140. The minimum Gasteiger partial charge on any atom is -0.294 e. The molecule has 1 saturated carbocycles. The zero-order chi connectivity index (χ0) is 7.14. The van der Waals surface area contributed by atoms with Crippen LogP contribution in [0.5, 0.6) is 0 Å². The van der Waals surface area contributed by atoms with Crippen LogP contribution < -0.4 is 0 Å². The van der Waals surface area contributed by atoms with Crippen LogP contribution in [0.4, 0.5) is 0 Å². The molecule has 1 fully saturated rings. The molecule has 0 aromatic heterocycles. The summed E-state index contributed by atoms with van der Waals surface area (Å²) < 4.78 is 1.06. The van der Waals surface area contributed by atoms with Crippen LogP contribution in [-0.2, 0) is 4.79 Å². The maximum absolute atomic E-state index is 11.1. The number of Topliss-reactive ketones (excluding diaryl/α,β-unsaturated/α-hetero) is 1. The van der Waals surface area contributed by atoms with Crippen LogP contribution >= 0.6 is 22.6 Å². The molecule has 0 amide bonds. The van der Waals surface area contributed by atoms with E-state index in [4.69, 9.17) is 0 Å². The van der Waals surface area contributed by atoms with E-state index in [0.717, 1.165) is 10.0 Å². The van der Waals surface area contributed by atoms with E-state index < -0.39 is 0 Å². The van der Waals surface area contributed by atoms with Crippen molar-refractivity contribution in [3.05, 3.63) is 9.15 Å². The lowest BCUT2D eigenvalue weighted by atomic mass is 10.1. The van der Waals surface area contributed by atoms with Gasteiger partial charge < -0.3 is 0 Å². The maximum Gasteiger partial charge on any atom is 0.169 e. The van der Waals surface area contributed by atoms with Gasteiger partial charge in [-0.05, 0) is 53.3 Å². The van der Waals surface area contributed by atoms with Crippen LogP contribution in [0, 0.1) is 5.92 Å². The summed E-state index contributed by atoms with van der Waals surface area (Å²) in [7, 11) is 0. The first-order chi connectivity index (χ1) is 4.79. The minimum atomic E-state index is 0.389. The number of fused-ring (bicyclic) bond motifs is 1. The van der Waals surface area contributed by atoms with E-state index in [1.165, 1.54) is 24.8 Å². The molecule has 0 spiro atoms. The quantitative estimate of drug-likeness (QED) is 0.602. The molecule has 2 aliphatic carbocycles. The van der Waals surface area contributed by atoms with E-state index in [1.807, 2.05) is 0 Å². The zero-order valence-electron chi connectivity index (χ0n) is 5.69. The second kappa shape index (κ2) is 2.32. The summed E-state index contributed by atoms with van der Waals surface area (Å²) in [4.78, 5) is 11.1. The molecule has 2 heteroatoms. The molecule has 10 heavy (non-hydrogen) atoms. The van der Waals surface area contributed by atoms with Crippen molar-refractivity contribution >= 4 is 28.4 Å². The van der Waals surface area contributed by atoms with E-state index in [1.54, 1.807) is 0 Å². The van der Waals surface area contributed by atoms with Gasteiger partial charge in [-0.2, -0.15) is 0 Å². The van der Waals surface area contributed by atoms with Gasteiger partial charge in [-0.3, -0.25) is 4.79 Å². The fourth-order valence-electron chi connectivity index (χ4n) is 1.92. The third-order valence-electron chi connectivity index (χ3n) is 2.45. The van der Waals surface area contributed by atoms with Gasteiger partial charge in [-0.1, -0.05) is 0 Å². The molecule has 0 aliphatic heterocycles. The largest absolute Gasteiger partial charge is 0.294 e. The van der Waals surface area contributed by atoms with Gasteiger partial charge in [0, 0.05) is 6.42 Å². The first-order valence-corrected chi connectivity index (χ1v) is 4.78. The van der Waals surface area contributed by atoms with Gasteiger partial charge >= 0.3 is 0 Å². The van der Waals surface area contributed by atoms with Gasteiger partial charge in [0.05, 0.1) is 3.58 Å². The molecule has 1 atom stereocenters. The molecule has 54 valence electrons. The lowest BCUT2D eigenvalue weighted by Gasteiger charge is -1.97. The normalized spacial score (nSPS) is 31.7. The topological polar surface area (TPSA) is 17.1 Å². The van der Waals surface area contributed by atoms with E-state index in [9.17, 15) is 4.79 Å². The van der Waals surface area contributed by atoms with E-state index in [-0.39, 0.29) is 0 Å². The molecule has 0 aromatic carbocycles. The molecule has 0 N–H and O–H groups in total. The van der Waals surface area contributed by atoms with Crippen molar-refractivity contribution in [1.29, 1.82) is 0 Å². The first-order valence-electron chi connectivity index (χ1n) is 3.71. The number of rotatable bonds is 0. The van der Waals surface area contributed by atoms with Gasteiger partial charge in [0.2, 0.25) is 0 Å². The van der Waals surface area contributed by atoms with Gasteiger partial charge in [0.15, 0.2) is 5.78 Å². The summed E-state index contributed by atoms with van der Waals surface area (Å²) in [6.45, 7) is 0. The van der Waals surface area contributed by atoms with Crippen LogP contribution in [-0.4, -0.2) is 5.78 Å². The molecule has 1 nitrogen and oxygen atoms in total. The van der Waals surface area contributed by atoms with Crippen molar-refractivity contribution in [2.24, 2.45) is 5.92 Å². The average Bonchev–Trinajstić information content (AvgIpc) is 2.41. The Morgan fingerprint density at radius 1 is 1.50 bits per heavy atom.